The third-order valence-corrected chi connectivity index (χ3v) is 5.35. The zero-order valence-electron chi connectivity index (χ0n) is 15.0. The molecule has 0 amide bonds. The number of ether oxygens (including phenoxy) is 3. The zero-order valence-corrected chi connectivity index (χ0v) is 15.0. The Balaban J connectivity index is 1.79. The highest BCUT2D eigenvalue weighted by atomic mass is 16.6. The van der Waals surface area contributed by atoms with Crippen LogP contribution < -0.4 is 0 Å². The SMILES string of the molecule is C=C1C(=O)O[C@H]2C/C(COC(=O)C(C)C)=C/CC[C@]3(C)O[C@H]3[C@@H](O)[C@H]12. The van der Waals surface area contributed by atoms with Gasteiger partial charge in [0.15, 0.2) is 0 Å². The summed E-state index contributed by atoms with van der Waals surface area (Å²) in [7, 11) is 0. The molecule has 0 radical (unpaired) electrons. The maximum Gasteiger partial charge on any atom is 0.334 e. The summed E-state index contributed by atoms with van der Waals surface area (Å²) < 4.78 is 16.5. The van der Waals surface area contributed by atoms with Gasteiger partial charge >= 0.3 is 11.9 Å². The van der Waals surface area contributed by atoms with Crippen molar-refractivity contribution in [2.45, 2.75) is 63.9 Å². The summed E-state index contributed by atoms with van der Waals surface area (Å²) in [5.41, 5.74) is 0.777. The minimum Gasteiger partial charge on any atom is -0.461 e. The molecule has 2 fully saturated rings. The van der Waals surface area contributed by atoms with E-state index in [0.29, 0.717) is 6.42 Å². The van der Waals surface area contributed by atoms with Crippen LogP contribution in [0.3, 0.4) is 0 Å². The Morgan fingerprint density at radius 3 is 2.92 bits per heavy atom. The molecule has 25 heavy (non-hydrogen) atoms. The van der Waals surface area contributed by atoms with Gasteiger partial charge in [0.25, 0.3) is 0 Å². The molecular formula is C19H26O6. The summed E-state index contributed by atoms with van der Waals surface area (Å²) in [6, 6.07) is 0. The highest BCUT2D eigenvalue weighted by Crippen LogP contribution is 2.48. The lowest BCUT2D eigenvalue weighted by Gasteiger charge is -2.25. The van der Waals surface area contributed by atoms with Gasteiger partial charge in [-0.15, -0.1) is 0 Å². The van der Waals surface area contributed by atoms with E-state index in [-0.39, 0.29) is 30.2 Å². The number of hydrogen-bond donors (Lipinski definition) is 1. The molecule has 2 aliphatic heterocycles. The van der Waals surface area contributed by atoms with Crippen LogP contribution in [-0.4, -0.2) is 47.6 Å². The molecule has 6 heteroatoms. The number of allylic oxidation sites excluding steroid dienone is 1. The smallest absolute Gasteiger partial charge is 0.334 e. The molecule has 2 heterocycles. The molecule has 0 aromatic rings. The molecule has 0 spiro atoms. The van der Waals surface area contributed by atoms with E-state index in [1.54, 1.807) is 13.8 Å². The monoisotopic (exact) mass is 350 g/mol. The zero-order chi connectivity index (χ0) is 18.4. The lowest BCUT2D eigenvalue weighted by atomic mass is 9.82. The predicted molar refractivity (Wildman–Crippen MR) is 89.5 cm³/mol. The van der Waals surface area contributed by atoms with Crippen LogP contribution in [0.2, 0.25) is 0 Å². The van der Waals surface area contributed by atoms with Crippen molar-refractivity contribution in [1.82, 2.24) is 0 Å². The molecule has 0 saturated carbocycles. The fourth-order valence-electron chi connectivity index (χ4n) is 3.67. The van der Waals surface area contributed by atoms with Crippen LogP contribution in [0.1, 0.15) is 40.0 Å². The van der Waals surface area contributed by atoms with E-state index in [4.69, 9.17) is 14.2 Å². The van der Waals surface area contributed by atoms with Gasteiger partial charge in [-0.3, -0.25) is 4.79 Å². The second-order valence-electron chi connectivity index (χ2n) is 7.70. The van der Waals surface area contributed by atoms with Crippen LogP contribution in [0, 0.1) is 11.8 Å². The molecule has 5 atom stereocenters. The molecule has 1 aliphatic carbocycles. The molecule has 0 bridgehead atoms. The first-order chi connectivity index (χ1) is 11.7. The predicted octanol–water partition coefficient (Wildman–Crippen LogP) is 1.91. The number of carbonyl (C=O) groups is 2. The van der Waals surface area contributed by atoms with Crippen molar-refractivity contribution in [3.05, 3.63) is 23.8 Å². The van der Waals surface area contributed by atoms with Crippen LogP contribution in [0.4, 0.5) is 0 Å². The Morgan fingerprint density at radius 2 is 2.24 bits per heavy atom. The van der Waals surface area contributed by atoms with Crippen molar-refractivity contribution in [3.8, 4) is 0 Å². The van der Waals surface area contributed by atoms with Gasteiger partial charge in [-0.2, -0.15) is 0 Å². The molecule has 3 rings (SSSR count). The standard InChI is InChI=1S/C19H26O6/c1-10(2)17(21)23-9-12-6-5-7-19(4)16(25-19)15(20)14-11(3)18(22)24-13(14)8-12/h6,10,13-16,20H,3,5,7-9H2,1-2,4H3/b12-6-/t13-,14+,15-,16-,19-/m0/s1. The van der Waals surface area contributed by atoms with Gasteiger partial charge in [-0.25, -0.2) is 4.79 Å². The Labute approximate surface area is 147 Å². The fourth-order valence-corrected chi connectivity index (χ4v) is 3.67. The van der Waals surface area contributed by atoms with E-state index < -0.39 is 29.7 Å². The van der Waals surface area contributed by atoms with E-state index in [9.17, 15) is 14.7 Å². The van der Waals surface area contributed by atoms with Crippen molar-refractivity contribution in [2.24, 2.45) is 11.8 Å². The van der Waals surface area contributed by atoms with E-state index in [1.165, 1.54) is 0 Å². The van der Waals surface area contributed by atoms with Gasteiger partial charge in [-0.05, 0) is 25.3 Å². The molecule has 3 aliphatic rings. The molecule has 0 aromatic heterocycles. The Morgan fingerprint density at radius 1 is 1.52 bits per heavy atom. The van der Waals surface area contributed by atoms with Gasteiger partial charge in [0.1, 0.15) is 18.8 Å². The Kier molecular flexibility index (Phi) is 4.77. The topological polar surface area (TPSA) is 85.4 Å². The molecule has 138 valence electrons. The van der Waals surface area contributed by atoms with Crippen LogP contribution >= 0.6 is 0 Å². The number of carbonyl (C=O) groups excluding carboxylic acids is 2. The van der Waals surface area contributed by atoms with Crippen LogP contribution in [-0.2, 0) is 23.8 Å². The third-order valence-electron chi connectivity index (χ3n) is 5.35. The van der Waals surface area contributed by atoms with Crippen molar-refractivity contribution >= 4 is 11.9 Å². The van der Waals surface area contributed by atoms with E-state index in [1.807, 2.05) is 13.0 Å². The number of aliphatic hydroxyl groups is 1. The maximum absolute atomic E-state index is 12.0. The minimum atomic E-state index is -0.827. The summed E-state index contributed by atoms with van der Waals surface area (Å²) in [4.78, 5) is 23.7. The lowest BCUT2D eigenvalue weighted by Crippen LogP contribution is -2.36. The van der Waals surface area contributed by atoms with Gasteiger partial charge in [0.05, 0.1) is 23.5 Å². The second-order valence-corrected chi connectivity index (χ2v) is 7.70. The quantitative estimate of drug-likeness (QED) is 0.362. The summed E-state index contributed by atoms with van der Waals surface area (Å²) in [6.45, 7) is 9.49. The maximum atomic E-state index is 12.0. The number of epoxide rings is 1. The highest BCUT2D eigenvalue weighted by Gasteiger charge is 2.60. The Bertz CT molecular complexity index is 621. The summed E-state index contributed by atoms with van der Waals surface area (Å²) >= 11 is 0. The van der Waals surface area contributed by atoms with E-state index >= 15 is 0 Å². The van der Waals surface area contributed by atoms with Gasteiger partial charge < -0.3 is 19.3 Å². The molecule has 0 aromatic carbocycles. The first-order valence-corrected chi connectivity index (χ1v) is 8.83. The van der Waals surface area contributed by atoms with Crippen molar-refractivity contribution in [3.63, 3.8) is 0 Å². The average molecular weight is 350 g/mol. The normalized spacial score (nSPS) is 39.8. The van der Waals surface area contributed by atoms with E-state index in [2.05, 4.69) is 6.58 Å². The molecule has 2 saturated heterocycles. The number of aliphatic hydroxyl groups excluding tert-OH is 1. The first kappa shape index (κ1) is 18.1. The molecule has 6 nitrogen and oxygen atoms in total. The fraction of sp³-hybridized carbons (Fsp3) is 0.684. The highest BCUT2D eigenvalue weighted by molar-refractivity contribution is 5.91. The minimum absolute atomic E-state index is 0.168. The molecule has 0 unspecified atom stereocenters. The lowest BCUT2D eigenvalue weighted by molar-refractivity contribution is -0.147. The third kappa shape index (κ3) is 3.51. The average Bonchev–Trinajstić information content (AvgIpc) is 3.14. The van der Waals surface area contributed by atoms with Crippen molar-refractivity contribution in [1.29, 1.82) is 0 Å². The molecular weight excluding hydrogens is 324 g/mol. The number of esters is 2. The van der Waals surface area contributed by atoms with Gasteiger partial charge in [-0.1, -0.05) is 26.5 Å². The summed E-state index contributed by atoms with van der Waals surface area (Å²) in [5.74, 6) is -1.44. The summed E-state index contributed by atoms with van der Waals surface area (Å²) in [6.07, 6.45) is 2.31. The molecule has 1 N–H and O–H groups in total. The van der Waals surface area contributed by atoms with E-state index in [0.717, 1.165) is 18.4 Å². The number of hydrogen-bond acceptors (Lipinski definition) is 6. The number of rotatable bonds is 3. The summed E-state index contributed by atoms with van der Waals surface area (Å²) in [5, 5.41) is 10.7. The first-order valence-electron chi connectivity index (χ1n) is 8.83. The Hall–Kier alpha value is -1.66. The van der Waals surface area contributed by atoms with Gasteiger partial charge in [0, 0.05) is 12.0 Å². The second kappa shape index (κ2) is 6.57. The van der Waals surface area contributed by atoms with Crippen LogP contribution in [0.5, 0.6) is 0 Å². The largest absolute Gasteiger partial charge is 0.461 e. The van der Waals surface area contributed by atoms with Crippen molar-refractivity contribution < 1.29 is 28.9 Å². The van der Waals surface area contributed by atoms with Crippen LogP contribution in [0.15, 0.2) is 23.8 Å². The van der Waals surface area contributed by atoms with Gasteiger partial charge in [0.2, 0.25) is 0 Å². The van der Waals surface area contributed by atoms with Crippen LogP contribution in [0.25, 0.3) is 0 Å². The van der Waals surface area contributed by atoms with Crippen molar-refractivity contribution in [2.75, 3.05) is 6.61 Å². The number of fused-ring (bicyclic) bond motifs is 2.